The quantitative estimate of drug-likeness (QED) is 0.807. The molecule has 0 aromatic heterocycles. The molecule has 0 aliphatic carbocycles. The van der Waals surface area contributed by atoms with Crippen LogP contribution in [-0.4, -0.2) is 0 Å². The summed E-state index contributed by atoms with van der Waals surface area (Å²) in [7, 11) is 0. The highest BCUT2D eigenvalue weighted by Gasteiger charge is 2.27. The molecule has 4 N–H and O–H groups in total. The molecule has 3 heteroatoms. The van der Waals surface area contributed by atoms with Gasteiger partial charge in [0, 0.05) is 11.4 Å². The van der Waals surface area contributed by atoms with Gasteiger partial charge in [0.2, 0.25) is 0 Å². The van der Waals surface area contributed by atoms with E-state index in [4.69, 9.17) is 16.2 Å². The third-order valence-corrected chi connectivity index (χ3v) is 3.64. The molecule has 2 aromatic carbocycles. The van der Waals surface area contributed by atoms with E-state index in [0.717, 1.165) is 24.2 Å². The maximum absolute atomic E-state index is 6.13. The van der Waals surface area contributed by atoms with Gasteiger partial charge in [0.15, 0.2) is 0 Å². The third-order valence-electron chi connectivity index (χ3n) is 3.64. The molecule has 19 heavy (non-hydrogen) atoms. The number of hydrogen-bond donors (Lipinski definition) is 2. The van der Waals surface area contributed by atoms with E-state index in [9.17, 15) is 0 Å². The molecule has 98 valence electrons. The van der Waals surface area contributed by atoms with Crippen LogP contribution in [0.3, 0.4) is 0 Å². The fraction of sp³-hybridized carbons (Fsp3) is 0.250. The van der Waals surface area contributed by atoms with Gasteiger partial charge in [-0.25, -0.2) is 0 Å². The van der Waals surface area contributed by atoms with Gasteiger partial charge in [-0.2, -0.15) is 0 Å². The first kappa shape index (κ1) is 12.1. The molecule has 3 nitrogen and oxygen atoms in total. The number of anilines is 2. The molecule has 0 saturated carbocycles. The van der Waals surface area contributed by atoms with E-state index in [1.807, 2.05) is 48.5 Å². The maximum Gasteiger partial charge on any atom is 0.0834 e. The first-order valence-electron chi connectivity index (χ1n) is 6.59. The molecule has 3 rings (SSSR count). The van der Waals surface area contributed by atoms with Crippen molar-refractivity contribution in [1.29, 1.82) is 0 Å². The van der Waals surface area contributed by atoms with E-state index < -0.39 is 0 Å². The fourth-order valence-corrected chi connectivity index (χ4v) is 2.55. The Hall–Kier alpha value is -2.00. The highest BCUT2D eigenvalue weighted by molar-refractivity contribution is 5.41. The van der Waals surface area contributed by atoms with Gasteiger partial charge in [-0.15, -0.1) is 0 Å². The Kier molecular flexibility index (Phi) is 3.13. The Bertz CT molecular complexity index is 496. The summed E-state index contributed by atoms with van der Waals surface area (Å²) in [5.74, 6) is 0. The van der Waals surface area contributed by atoms with Gasteiger partial charge in [0.05, 0.1) is 12.2 Å². The fourth-order valence-electron chi connectivity index (χ4n) is 2.55. The lowest BCUT2D eigenvalue weighted by molar-refractivity contribution is 0.0441. The molecular formula is C16H18N2O. The molecule has 0 bridgehead atoms. The Morgan fingerprint density at radius 3 is 1.42 bits per heavy atom. The minimum atomic E-state index is 0.170. The Labute approximate surface area is 113 Å². The average Bonchev–Trinajstić information content (AvgIpc) is 2.90. The summed E-state index contributed by atoms with van der Waals surface area (Å²) in [6.07, 6.45) is 2.42. The van der Waals surface area contributed by atoms with Gasteiger partial charge < -0.3 is 16.2 Å². The molecule has 1 aliphatic heterocycles. The second-order valence-electron chi connectivity index (χ2n) is 5.02. The molecular weight excluding hydrogens is 236 g/mol. The number of nitrogens with two attached hydrogens (primary N) is 2. The van der Waals surface area contributed by atoms with Crippen molar-refractivity contribution >= 4 is 11.4 Å². The predicted molar refractivity (Wildman–Crippen MR) is 77.5 cm³/mol. The molecule has 1 aliphatic rings. The van der Waals surface area contributed by atoms with Gasteiger partial charge in [0.1, 0.15) is 0 Å². The Morgan fingerprint density at radius 2 is 1.05 bits per heavy atom. The van der Waals surface area contributed by atoms with E-state index in [0.29, 0.717) is 0 Å². The second-order valence-corrected chi connectivity index (χ2v) is 5.02. The molecule has 2 atom stereocenters. The van der Waals surface area contributed by atoms with Crippen molar-refractivity contribution in [3.05, 3.63) is 59.7 Å². The second kappa shape index (κ2) is 4.94. The van der Waals surface area contributed by atoms with Gasteiger partial charge in [-0.05, 0) is 48.2 Å². The van der Waals surface area contributed by atoms with Gasteiger partial charge >= 0.3 is 0 Å². The van der Waals surface area contributed by atoms with Crippen molar-refractivity contribution in [2.45, 2.75) is 25.0 Å². The van der Waals surface area contributed by atoms with E-state index in [-0.39, 0.29) is 12.2 Å². The zero-order valence-corrected chi connectivity index (χ0v) is 10.8. The van der Waals surface area contributed by atoms with E-state index in [2.05, 4.69) is 0 Å². The van der Waals surface area contributed by atoms with Crippen LogP contribution in [0.15, 0.2) is 48.5 Å². The maximum atomic E-state index is 6.13. The molecule has 0 amide bonds. The van der Waals surface area contributed by atoms with Gasteiger partial charge in [0.25, 0.3) is 0 Å². The normalized spacial score (nSPS) is 22.5. The van der Waals surface area contributed by atoms with E-state index in [1.165, 1.54) is 11.1 Å². The van der Waals surface area contributed by atoms with Crippen LogP contribution in [0, 0.1) is 0 Å². The zero-order chi connectivity index (χ0) is 13.2. The zero-order valence-electron chi connectivity index (χ0n) is 10.8. The number of ether oxygens (including phenoxy) is 1. The van der Waals surface area contributed by atoms with Gasteiger partial charge in [-0.3, -0.25) is 0 Å². The van der Waals surface area contributed by atoms with Gasteiger partial charge in [-0.1, -0.05) is 24.3 Å². The summed E-state index contributed by atoms with van der Waals surface area (Å²) in [6, 6.07) is 15.9. The van der Waals surface area contributed by atoms with Crippen molar-refractivity contribution in [2.24, 2.45) is 0 Å². The lowest BCUT2D eigenvalue weighted by Crippen LogP contribution is -2.00. The Balaban J connectivity index is 1.73. The minimum absolute atomic E-state index is 0.170. The minimum Gasteiger partial charge on any atom is -0.399 e. The van der Waals surface area contributed by atoms with Crippen LogP contribution in [0.2, 0.25) is 0 Å². The SMILES string of the molecule is Nc1ccc([C@@H]2CC[C@@H](c3ccc(N)cc3)O2)cc1. The highest BCUT2D eigenvalue weighted by Crippen LogP contribution is 2.40. The third kappa shape index (κ3) is 2.56. The van der Waals surface area contributed by atoms with E-state index >= 15 is 0 Å². The lowest BCUT2D eigenvalue weighted by atomic mass is 10.0. The lowest BCUT2D eigenvalue weighted by Gasteiger charge is -2.14. The van der Waals surface area contributed by atoms with Crippen molar-refractivity contribution in [2.75, 3.05) is 11.5 Å². The number of nitrogen functional groups attached to an aromatic ring is 2. The molecule has 1 fully saturated rings. The number of rotatable bonds is 2. The molecule has 1 saturated heterocycles. The van der Waals surface area contributed by atoms with Crippen molar-refractivity contribution in [3.8, 4) is 0 Å². The average molecular weight is 254 g/mol. The first-order chi connectivity index (χ1) is 9.22. The summed E-state index contributed by atoms with van der Waals surface area (Å²) in [5.41, 5.74) is 15.4. The van der Waals surface area contributed by atoms with Crippen LogP contribution >= 0.6 is 0 Å². The molecule has 1 heterocycles. The monoisotopic (exact) mass is 254 g/mol. The highest BCUT2D eigenvalue weighted by atomic mass is 16.5. The summed E-state index contributed by atoms with van der Waals surface area (Å²) in [4.78, 5) is 0. The number of hydrogen-bond acceptors (Lipinski definition) is 3. The summed E-state index contributed by atoms with van der Waals surface area (Å²) in [5, 5.41) is 0. The topological polar surface area (TPSA) is 61.3 Å². The summed E-state index contributed by atoms with van der Waals surface area (Å²) in [6.45, 7) is 0. The van der Waals surface area contributed by atoms with Crippen LogP contribution in [0.4, 0.5) is 11.4 Å². The van der Waals surface area contributed by atoms with Crippen molar-refractivity contribution < 1.29 is 4.74 Å². The van der Waals surface area contributed by atoms with Crippen molar-refractivity contribution in [3.63, 3.8) is 0 Å². The van der Waals surface area contributed by atoms with Crippen molar-refractivity contribution in [1.82, 2.24) is 0 Å². The smallest absolute Gasteiger partial charge is 0.0834 e. The Morgan fingerprint density at radius 1 is 0.684 bits per heavy atom. The van der Waals surface area contributed by atoms with Crippen LogP contribution < -0.4 is 11.5 Å². The van der Waals surface area contributed by atoms with Crippen LogP contribution in [0.25, 0.3) is 0 Å². The predicted octanol–water partition coefficient (Wildman–Crippen LogP) is 3.44. The molecule has 0 radical (unpaired) electrons. The van der Waals surface area contributed by atoms with Crippen LogP contribution in [0.1, 0.15) is 36.2 Å². The first-order valence-corrected chi connectivity index (χ1v) is 6.59. The summed E-state index contributed by atoms with van der Waals surface area (Å²) >= 11 is 0. The largest absolute Gasteiger partial charge is 0.399 e. The standard InChI is InChI=1S/C16H18N2O/c17-13-5-1-11(2-6-13)15-9-10-16(19-15)12-3-7-14(18)8-4-12/h1-8,15-16H,9-10,17-18H2/t15-,16-/m0/s1. The molecule has 2 aromatic rings. The van der Waals surface area contributed by atoms with Crippen LogP contribution in [-0.2, 0) is 4.74 Å². The van der Waals surface area contributed by atoms with E-state index in [1.54, 1.807) is 0 Å². The molecule has 0 spiro atoms. The van der Waals surface area contributed by atoms with Crippen LogP contribution in [0.5, 0.6) is 0 Å². The molecule has 0 unspecified atom stereocenters. The number of benzene rings is 2. The summed E-state index contributed by atoms with van der Waals surface area (Å²) < 4.78 is 6.13.